The Morgan fingerprint density at radius 3 is 2.57 bits per heavy atom. The zero-order valence-electron chi connectivity index (χ0n) is 12.7. The van der Waals surface area contributed by atoms with Gasteiger partial charge in [0.25, 0.3) is 0 Å². The van der Waals surface area contributed by atoms with Crippen LogP contribution in [0.3, 0.4) is 0 Å². The van der Waals surface area contributed by atoms with Crippen molar-refractivity contribution in [3.05, 3.63) is 70.5 Å². The first-order valence-corrected chi connectivity index (χ1v) is 7.51. The quantitative estimate of drug-likeness (QED) is 0.770. The summed E-state index contributed by atoms with van der Waals surface area (Å²) in [7, 11) is 0. The third kappa shape index (κ3) is 2.73. The Morgan fingerprint density at radius 1 is 1.13 bits per heavy atom. The number of carboxylic acids is 1. The Bertz CT molecular complexity index is 900. The molecule has 116 valence electrons. The van der Waals surface area contributed by atoms with Crippen molar-refractivity contribution in [3.8, 4) is 17.1 Å². The van der Waals surface area contributed by atoms with Gasteiger partial charge < -0.3 is 5.11 Å². The molecule has 0 radical (unpaired) electrons. The monoisotopic (exact) mass is 326 g/mol. The first kappa shape index (κ1) is 15.3. The number of nitrogens with zero attached hydrogens (tertiary/aromatic N) is 2. The molecule has 0 aliphatic heterocycles. The van der Waals surface area contributed by atoms with Gasteiger partial charge in [0, 0.05) is 11.8 Å². The maximum Gasteiger partial charge on any atom is 0.356 e. The number of aryl methyl sites for hydroxylation is 1. The molecule has 1 heterocycles. The molecule has 0 unspecified atom stereocenters. The minimum atomic E-state index is -1.07. The zero-order valence-corrected chi connectivity index (χ0v) is 13.5. The van der Waals surface area contributed by atoms with Gasteiger partial charge in [0.15, 0.2) is 5.69 Å². The normalized spacial score (nSPS) is 10.7. The van der Waals surface area contributed by atoms with Gasteiger partial charge in [0.05, 0.1) is 10.7 Å². The van der Waals surface area contributed by atoms with Crippen LogP contribution in [-0.2, 0) is 0 Å². The molecule has 0 spiro atoms. The summed E-state index contributed by atoms with van der Waals surface area (Å²) in [6, 6.07) is 13.2. The van der Waals surface area contributed by atoms with Gasteiger partial charge in [0.2, 0.25) is 0 Å². The number of imidazole rings is 1. The molecular formula is C18H15ClN2O2. The Morgan fingerprint density at radius 2 is 1.87 bits per heavy atom. The highest BCUT2D eigenvalue weighted by atomic mass is 35.5. The summed E-state index contributed by atoms with van der Waals surface area (Å²) >= 11 is 6.28. The fourth-order valence-electron chi connectivity index (χ4n) is 2.50. The number of aromatic nitrogens is 2. The molecule has 5 heteroatoms. The third-order valence-electron chi connectivity index (χ3n) is 3.88. The van der Waals surface area contributed by atoms with E-state index in [9.17, 15) is 9.90 Å². The second-order valence-electron chi connectivity index (χ2n) is 5.32. The summed E-state index contributed by atoms with van der Waals surface area (Å²) in [5.41, 5.74) is 3.76. The fourth-order valence-corrected chi connectivity index (χ4v) is 2.72. The lowest BCUT2D eigenvalue weighted by Gasteiger charge is -2.13. The molecule has 3 aromatic rings. The van der Waals surface area contributed by atoms with Crippen molar-refractivity contribution in [3.63, 3.8) is 0 Å². The van der Waals surface area contributed by atoms with Gasteiger partial charge in [-0.15, -0.1) is 0 Å². The van der Waals surface area contributed by atoms with Gasteiger partial charge in [-0.2, -0.15) is 0 Å². The highest BCUT2D eigenvalue weighted by Gasteiger charge is 2.18. The lowest BCUT2D eigenvalue weighted by molar-refractivity contribution is 0.0691. The summed E-state index contributed by atoms with van der Waals surface area (Å²) in [5.74, 6) is -0.552. The third-order valence-corrected chi connectivity index (χ3v) is 4.20. The van der Waals surface area contributed by atoms with Gasteiger partial charge in [-0.05, 0) is 43.2 Å². The van der Waals surface area contributed by atoms with E-state index in [1.54, 1.807) is 10.6 Å². The van der Waals surface area contributed by atoms with Crippen LogP contribution in [0.1, 0.15) is 21.6 Å². The number of halogens is 1. The molecule has 0 atom stereocenters. The number of carboxylic acid groups (broad SMARTS) is 1. The van der Waals surface area contributed by atoms with E-state index in [0.29, 0.717) is 16.4 Å². The molecule has 0 amide bonds. The molecular weight excluding hydrogens is 312 g/mol. The van der Waals surface area contributed by atoms with Gasteiger partial charge in [-0.25, -0.2) is 9.78 Å². The van der Waals surface area contributed by atoms with Gasteiger partial charge in [0.1, 0.15) is 5.82 Å². The summed E-state index contributed by atoms with van der Waals surface area (Å²) in [5, 5.41) is 9.83. The van der Waals surface area contributed by atoms with Crippen LogP contribution in [0.15, 0.2) is 48.7 Å². The van der Waals surface area contributed by atoms with Crippen LogP contribution in [0.5, 0.6) is 0 Å². The fraction of sp³-hybridized carbons (Fsp3) is 0.111. The van der Waals surface area contributed by atoms with Crippen LogP contribution in [0.25, 0.3) is 17.1 Å². The largest absolute Gasteiger partial charge is 0.476 e. The molecule has 4 nitrogen and oxygen atoms in total. The summed E-state index contributed by atoms with van der Waals surface area (Å²) < 4.78 is 1.78. The van der Waals surface area contributed by atoms with E-state index in [1.807, 2.05) is 50.2 Å². The van der Waals surface area contributed by atoms with Crippen molar-refractivity contribution in [2.24, 2.45) is 0 Å². The molecule has 0 bridgehead atoms. The number of aromatic carboxylic acids is 1. The predicted octanol–water partition coefficient (Wildman–Crippen LogP) is 4.51. The molecule has 0 saturated heterocycles. The van der Waals surface area contributed by atoms with Crippen LogP contribution >= 0.6 is 11.6 Å². The minimum Gasteiger partial charge on any atom is -0.476 e. The van der Waals surface area contributed by atoms with Crippen molar-refractivity contribution in [1.29, 1.82) is 0 Å². The number of hydrogen-bond donors (Lipinski definition) is 1. The maximum absolute atomic E-state index is 11.4. The zero-order chi connectivity index (χ0) is 16.6. The Hall–Kier alpha value is -2.59. The molecule has 0 aliphatic rings. The summed E-state index contributed by atoms with van der Waals surface area (Å²) in [4.78, 5) is 15.6. The van der Waals surface area contributed by atoms with E-state index in [2.05, 4.69) is 4.98 Å². The number of hydrogen-bond acceptors (Lipinski definition) is 2. The van der Waals surface area contributed by atoms with E-state index in [1.165, 1.54) is 6.20 Å². The van der Waals surface area contributed by atoms with Crippen molar-refractivity contribution in [2.75, 3.05) is 0 Å². The molecule has 3 rings (SSSR count). The molecule has 0 fully saturated rings. The maximum atomic E-state index is 11.4. The van der Waals surface area contributed by atoms with Crippen LogP contribution in [0, 0.1) is 13.8 Å². The van der Waals surface area contributed by atoms with Gasteiger partial charge >= 0.3 is 5.97 Å². The highest BCUT2D eigenvalue weighted by molar-refractivity contribution is 6.33. The minimum absolute atomic E-state index is 0.0131. The van der Waals surface area contributed by atoms with Crippen LogP contribution in [0.4, 0.5) is 0 Å². The predicted molar refractivity (Wildman–Crippen MR) is 90.4 cm³/mol. The van der Waals surface area contributed by atoms with Gasteiger partial charge in [-0.3, -0.25) is 4.57 Å². The van der Waals surface area contributed by atoms with Crippen molar-refractivity contribution < 1.29 is 9.90 Å². The number of carbonyl (C=O) groups is 1. The van der Waals surface area contributed by atoms with E-state index >= 15 is 0 Å². The van der Waals surface area contributed by atoms with Crippen molar-refractivity contribution >= 4 is 17.6 Å². The number of benzene rings is 2. The van der Waals surface area contributed by atoms with E-state index in [0.717, 1.165) is 16.8 Å². The second kappa shape index (κ2) is 5.89. The molecule has 23 heavy (non-hydrogen) atoms. The lowest BCUT2D eigenvalue weighted by atomic mass is 10.1. The smallest absolute Gasteiger partial charge is 0.356 e. The Balaban J connectivity index is 2.30. The molecule has 0 saturated carbocycles. The second-order valence-corrected chi connectivity index (χ2v) is 5.73. The molecule has 1 aromatic heterocycles. The van der Waals surface area contributed by atoms with Crippen LogP contribution in [-0.4, -0.2) is 20.6 Å². The first-order valence-electron chi connectivity index (χ1n) is 7.13. The molecule has 0 aliphatic carbocycles. The summed E-state index contributed by atoms with van der Waals surface area (Å²) in [6.07, 6.45) is 1.53. The van der Waals surface area contributed by atoms with E-state index in [-0.39, 0.29) is 5.69 Å². The molecule has 2 aromatic carbocycles. The Labute approximate surface area is 139 Å². The van der Waals surface area contributed by atoms with E-state index < -0.39 is 5.97 Å². The van der Waals surface area contributed by atoms with Crippen molar-refractivity contribution in [2.45, 2.75) is 13.8 Å². The standard InChI is InChI=1S/C18H15ClN2O2/c1-11-6-5-9-16(12(11)2)21-10-15(18(22)23)20-17(21)13-7-3-4-8-14(13)19/h3-10H,1-2H3,(H,22,23). The topological polar surface area (TPSA) is 55.1 Å². The lowest BCUT2D eigenvalue weighted by Crippen LogP contribution is -2.00. The highest BCUT2D eigenvalue weighted by Crippen LogP contribution is 2.30. The average Bonchev–Trinajstić information content (AvgIpc) is 2.95. The average molecular weight is 327 g/mol. The van der Waals surface area contributed by atoms with Crippen molar-refractivity contribution in [1.82, 2.24) is 9.55 Å². The Kier molecular flexibility index (Phi) is 3.92. The SMILES string of the molecule is Cc1cccc(-n2cc(C(=O)O)nc2-c2ccccc2Cl)c1C. The number of rotatable bonds is 3. The van der Waals surface area contributed by atoms with Gasteiger partial charge in [-0.1, -0.05) is 35.9 Å². The van der Waals surface area contributed by atoms with Crippen LogP contribution < -0.4 is 0 Å². The van der Waals surface area contributed by atoms with Crippen LogP contribution in [0.2, 0.25) is 5.02 Å². The summed E-state index contributed by atoms with van der Waals surface area (Å²) in [6.45, 7) is 4.02. The first-order chi connectivity index (χ1) is 11.0. The molecule has 1 N–H and O–H groups in total. The van der Waals surface area contributed by atoms with E-state index in [4.69, 9.17) is 11.6 Å².